The van der Waals surface area contributed by atoms with Crippen molar-refractivity contribution in [2.45, 2.75) is 31.7 Å². The van der Waals surface area contributed by atoms with E-state index >= 15 is 0 Å². The predicted octanol–water partition coefficient (Wildman–Crippen LogP) is -0.192. The third kappa shape index (κ3) is 4.29. The van der Waals surface area contributed by atoms with Crippen LogP contribution in [0.5, 0.6) is 0 Å². The molecule has 15 heavy (non-hydrogen) atoms. The number of carbonyl (C=O) groups excluding carboxylic acids is 2. The number of methoxy groups -OCH3 is 1. The van der Waals surface area contributed by atoms with Crippen molar-refractivity contribution >= 4 is 11.9 Å². The molecule has 2 N–H and O–H groups in total. The van der Waals surface area contributed by atoms with E-state index in [0.717, 1.165) is 25.8 Å². The van der Waals surface area contributed by atoms with Gasteiger partial charge in [0.1, 0.15) is 0 Å². The molecule has 1 fully saturated rings. The van der Waals surface area contributed by atoms with Crippen LogP contribution in [0.1, 0.15) is 25.7 Å². The van der Waals surface area contributed by atoms with Crippen molar-refractivity contribution in [3.05, 3.63) is 0 Å². The fourth-order valence-corrected chi connectivity index (χ4v) is 1.59. The van der Waals surface area contributed by atoms with Crippen molar-refractivity contribution in [1.82, 2.24) is 10.6 Å². The first-order valence-electron chi connectivity index (χ1n) is 5.32. The zero-order valence-electron chi connectivity index (χ0n) is 9.04. The van der Waals surface area contributed by atoms with E-state index < -0.39 is 0 Å². The quantitative estimate of drug-likeness (QED) is 0.636. The highest BCUT2D eigenvalue weighted by molar-refractivity contribution is 5.82. The number of hydrogen-bond donors (Lipinski definition) is 2. The molecular formula is C10H18N2O3. The Kier molecular flexibility index (Phi) is 5.10. The lowest BCUT2D eigenvalue weighted by molar-refractivity contribution is -0.140. The van der Waals surface area contributed by atoms with Crippen LogP contribution < -0.4 is 10.6 Å². The van der Waals surface area contributed by atoms with Crippen LogP contribution in [-0.4, -0.2) is 38.1 Å². The van der Waals surface area contributed by atoms with Crippen molar-refractivity contribution in [2.24, 2.45) is 0 Å². The summed E-state index contributed by atoms with van der Waals surface area (Å²) in [5.74, 6) is -0.314. The Morgan fingerprint density at radius 1 is 1.47 bits per heavy atom. The average molecular weight is 214 g/mol. The van der Waals surface area contributed by atoms with Crippen LogP contribution in [0.4, 0.5) is 0 Å². The summed E-state index contributed by atoms with van der Waals surface area (Å²) < 4.78 is 4.47. The highest BCUT2D eigenvalue weighted by Crippen LogP contribution is 2.06. The number of amides is 1. The summed E-state index contributed by atoms with van der Waals surface area (Å²) in [5.41, 5.74) is 0. The normalized spacial score (nSPS) is 20.7. The number of nitrogens with one attached hydrogen (secondary N) is 2. The highest BCUT2D eigenvalue weighted by atomic mass is 16.5. The van der Waals surface area contributed by atoms with Crippen LogP contribution in [0.2, 0.25) is 0 Å². The first-order chi connectivity index (χ1) is 7.24. The zero-order valence-corrected chi connectivity index (χ0v) is 9.04. The Morgan fingerprint density at radius 3 is 2.87 bits per heavy atom. The topological polar surface area (TPSA) is 67.4 Å². The molecule has 0 aromatic rings. The van der Waals surface area contributed by atoms with Crippen molar-refractivity contribution in [3.8, 4) is 0 Å². The molecule has 0 aromatic heterocycles. The minimum Gasteiger partial charge on any atom is -0.469 e. The van der Waals surface area contributed by atoms with Gasteiger partial charge < -0.3 is 15.4 Å². The van der Waals surface area contributed by atoms with Crippen molar-refractivity contribution in [1.29, 1.82) is 0 Å². The van der Waals surface area contributed by atoms with Crippen molar-refractivity contribution < 1.29 is 14.3 Å². The molecule has 5 nitrogen and oxygen atoms in total. The van der Waals surface area contributed by atoms with Gasteiger partial charge in [0.05, 0.1) is 19.6 Å². The molecule has 86 valence electrons. The van der Waals surface area contributed by atoms with E-state index in [0.29, 0.717) is 6.54 Å². The summed E-state index contributed by atoms with van der Waals surface area (Å²) in [4.78, 5) is 22.3. The van der Waals surface area contributed by atoms with Crippen LogP contribution in [0, 0.1) is 0 Å². The maximum atomic E-state index is 11.5. The van der Waals surface area contributed by atoms with Gasteiger partial charge >= 0.3 is 5.97 Å². The minimum atomic E-state index is -0.299. The Bertz CT molecular complexity index is 225. The lowest BCUT2D eigenvalue weighted by Crippen LogP contribution is -2.47. The van der Waals surface area contributed by atoms with Gasteiger partial charge in [-0.05, 0) is 19.4 Å². The van der Waals surface area contributed by atoms with Gasteiger partial charge in [-0.25, -0.2) is 0 Å². The molecule has 5 heteroatoms. The monoisotopic (exact) mass is 214 g/mol. The largest absolute Gasteiger partial charge is 0.469 e. The average Bonchev–Trinajstić information content (AvgIpc) is 2.29. The lowest BCUT2D eigenvalue weighted by atomic mass is 10.0. The maximum Gasteiger partial charge on any atom is 0.307 e. The molecule has 0 spiro atoms. The smallest absolute Gasteiger partial charge is 0.307 e. The first-order valence-corrected chi connectivity index (χ1v) is 5.32. The lowest BCUT2D eigenvalue weighted by Gasteiger charge is -2.22. The van der Waals surface area contributed by atoms with Gasteiger partial charge in [0.25, 0.3) is 0 Å². The molecule has 0 bridgehead atoms. The third-order valence-electron chi connectivity index (χ3n) is 2.48. The fourth-order valence-electron chi connectivity index (χ4n) is 1.59. The molecule has 1 rings (SSSR count). The SMILES string of the molecule is COC(=O)CCNC(=O)[C@H]1CCCCN1. The summed E-state index contributed by atoms with van der Waals surface area (Å²) in [6.45, 7) is 1.25. The molecule has 0 radical (unpaired) electrons. The van der Waals surface area contributed by atoms with Gasteiger partial charge in [-0.15, -0.1) is 0 Å². The van der Waals surface area contributed by atoms with Crippen molar-refractivity contribution in [2.75, 3.05) is 20.2 Å². The summed E-state index contributed by atoms with van der Waals surface area (Å²) in [6, 6.07) is -0.0867. The Hall–Kier alpha value is -1.10. The second-order valence-electron chi connectivity index (χ2n) is 3.62. The molecule has 1 heterocycles. The summed E-state index contributed by atoms with van der Waals surface area (Å²) in [5, 5.41) is 5.86. The van der Waals surface area contributed by atoms with Gasteiger partial charge in [-0.2, -0.15) is 0 Å². The number of piperidine rings is 1. The fraction of sp³-hybridized carbons (Fsp3) is 0.800. The molecule has 1 aliphatic heterocycles. The summed E-state index contributed by atoms with van der Waals surface area (Å²) >= 11 is 0. The Balaban J connectivity index is 2.14. The molecule has 1 amide bonds. The van der Waals surface area contributed by atoms with Gasteiger partial charge in [0, 0.05) is 6.54 Å². The van der Waals surface area contributed by atoms with Crippen LogP contribution in [-0.2, 0) is 14.3 Å². The number of hydrogen-bond acceptors (Lipinski definition) is 4. The molecule has 0 aliphatic carbocycles. The van der Waals surface area contributed by atoms with Crippen LogP contribution in [0.3, 0.4) is 0 Å². The second kappa shape index (κ2) is 6.40. The van der Waals surface area contributed by atoms with Gasteiger partial charge in [-0.3, -0.25) is 9.59 Å². The van der Waals surface area contributed by atoms with E-state index in [2.05, 4.69) is 15.4 Å². The standard InChI is InChI=1S/C10H18N2O3/c1-15-9(13)5-7-12-10(14)8-4-2-3-6-11-8/h8,11H,2-7H2,1H3,(H,12,14)/t8-/m1/s1. The Labute approximate surface area is 89.6 Å². The number of esters is 1. The van der Waals surface area contributed by atoms with Crippen LogP contribution >= 0.6 is 0 Å². The molecule has 1 aliphatic rings. The third-order valence-corrected chi connectivity index (χ3v) is 2.48. The van der Waals surface area contributed by atoms with Gasteiger partial charge in [0.2, 0.25) is 5.91 Å². The van der Waals surface area contributed by atoms with Gasteiger partial charge in [-0.1, -0.05) is 6.42 Å². The van der Waals surface area contributed by atoms with Crippen LogP contribution in [0.15, 0.2) is 0 Å². The molecule has 0 saturated carbocycles. The maximum absolute atomic E-state index is 11.5. The van der Waals surface area contributed by atoms with Crippen LogP contribution in [0.25, 0.3) is 0 Å². The Morgan fingerprint density at radius 2 is 2.27 bits per heavy atom. The highest BCUT2D eigenvalue weighted by Gasteiger charge is 2.19. The summed E-state index contributed by atoms with van der Waals surface area (Å²) in [7, 11) is 1.34. The van der Waals surface area contributed by atoms with Crippen molar-refractivity contribution in [3.63, 3.8) is 0 Å². The molecule has 0 aromatic carbocycles. The molecule has 0 unspecified atom stereocenters. The zero-order chi connectivity index (χ0) is 11.1. The predicted molar refractivity (Wildman–Crippen MR) is 55.3 cm³/mol. The molecule has 1 saturated heterocycles. The number of carbonyl (C=O) groups is 2. The summed E-state index contributed by atoms with van der Waals surface area (Å²) in [6.07, 6.45) is 3.33. The van der Waals surface area contributed by atoms with E-state index in [1.165, 1.54) is 7.11 Å². The molecular weight excluding hydrogens is 196 g/mol. The minimum absolute atomic E-state index is 0.0152. The number of ether oxygens (including phenoxy) is 1. The molecule has 1 atom stereocenters. The van der Waals surface area contributed by atoms with E-state index in [1.54, 1.807) is 0 Å². The number of rotatable bonds is 4. The van der Waals surface area contributed by atoms with E-state index in [1.807, 2.05) is 0 Å². The van der Waals surface area contributed by atoms with Gasteiger partial charge in [0.15, 0.2) is 0 Å². The van der Waals surface area contributed by atoms with E-state index in [9.17, 15) is 9.59 Å². The van der Waals surface area contributed by atoms with E-state index in [4.69, 9.17) is 0 Å². The second-order valence-corrected chi connectivity index (χ2v) is 3.62. The van der Waals surface area contributed by atoms with E-state index in [-0.39, 0.29) is 24.3 Å². The first kappa shape index (κ1) is 12.0.